The highest BCUT2D eigenvalue weighted by Gasteiger charge is 2.60. The molecule has 0 aromatic carbocycles. The second-order valence-corrected chi connectivity index (χ2v) is 7.76. The smallest absolute Gasteiger partial charge is 0.402 e. The third-order valence-corrected chi connectivity index (χ3v) is 6.26. The molecule has 0 radical (unpaired) electrons. The summed E-state index contributed by atoms with van der Waals surface area (Å²) in [6.07, 6.45) is 1.61. The molecule has 27 heavy (non-hydrogen) atoms. The van der Waals surface area contributed by atoms with Crippen molar-refractivity contribution in [2.75, 3.05) is 6.61 Å². The zero-order chi connectivity index (χ0) is 19.9. The van der Waals surface area contributed by atoms with Crippen molar-refractivity contribution in [2.45, 2.75) is 65.0 Å². The van der Waals surface area contributed by atoms with Crippen molar-refractivity contribution in [3.05, 3.63) is 35.1 Å². The van der Waals surface area contributed by atoms with Crippen LogP contribution in [0, 0.1) is 10.8 Å². The van der Waals surface area contributed by atoms with Crippen molar-refractivity contribution >= 4 is 11.6 Å². The van der Waals surface area contributed by atoms with Crippen LogP contribution in [0.2, 0.25) is 0 Å². The van der Waals surface area contributed by atoms with Crippen LogP contribution >= 0.6 is 0 Å². The molecule has 3 aliphatic carbocycles. The predicted molar refractivity (Wildman–Crippen MR) is 94.8 cm³/mol. The van der Waals surface area contributed by atoms with E-state index in [1.807, 2.05) is 6.92 Å². The molecule has 3 nitrogen and oxygen atoms in total. The summed E-state index contributed by atoms with van der Waals surface area (Å²) in [4.78, 5) is 24.3. The van der Waals surface area contributed by atoms with Crippen molar-refractivity contribution < 1.29 is 27.5 Å². The number of ketones is 2. The van der Waals surface area contributed by atoms with Crippen molar-refractivity contribution in [3.8, 4) is 0 Å². The van der Waals surface area contributed by atoms with Crippen molar-refractivity contribution in [1.29, 1.82) is 0 Å². The Morgan fingerprint density at radius 3 is 2.41 bits per heavy atom. The number of rotatable bonds is 4. The fourth-order valence-corrected chi connectivity index (χ4v) is 4.55. The number of fused-ring (bicyclic) bond motifs is 1. The highest BCUT2D eigenvalue weighted by molar-refractivity contribution is 6.12. The first-order valence-electron chi connectivity index (χ1n) is 9.52. The maximum atomic E-state index is 14.3. The van der Waals surface area contributed by atoms with E-state index in [9.17, 15) is 22.8 Å². The molecule has 0 saturated heterocycles. The van der Waals surface area contributed by atoms with Crippen LogP contribution in [0.4, 0.5) is 13.2 Å². The lowest BCUT2D eigenvalue weighted by molar-refractivity contribution is -0.200. The Kier molecular flexibility index (Phi) is 5.12. The number of Topliss-reactive ketones (excluding diaryl/α,β-unsaturated/α-hetero) is 2. The molecule has 0 unspecified atom stereocenters. The molecule has 0 heterocycles. The monoisotopic (exact) mass is 382 g/mol. The Morgan fingerprint density at radius 2 is 1.81 bits per heavy atom. The summed E-state index contributed by atoms with van der Waals surface area (Å²) in [5.41, 5.74) is -2.70. The Morgan fingerprint density at radius 1 is 1.15 bits per heavy atom. The fourth-order valence-electron chi connectivity index (χ4n) is 4.55. The summed E-state index contributed by atoms with van der Waals surface area (Å²) in [5.74, 6) is 0.247. The van der Waals surface area contributed by atoms with Gasteiger partial charge in [0.25, 0.3) is 0 Å². The second-order valence-electron chi connectivity index (χ2n) is 7.76. The highest BCUT2D eigenvalue weighted by Crippen LogP contribution is 2.59. The number of ether oxygens (including phenoxy) is 1. The predicted octanol–water partition coefficient (Wildman–Crippen LogP) is 5.22. The molecule has 0 bridgehead atoms. The van der Waals surface area contributed by atoms with Gasteiger partial charge in [-0.1, -0.05) is 17.7 Å². The number of hydrogen-bond acceptors (Lipinski definition) is 3. The van der Waals surface area contributed by atoms with Gasteiger partial charge in [0.05, 0.1) is 17.8 Å². The minimum atomic E-state index is -4.44. The molecule has 0 aliphatic heterocycles. The Labute approximate surface area is 157 Å². The number of carbonyl (C=O) groups excluding carboxylic acids is 2. The lowest BCUT2D eigenvalue weighted by Crippen LogP contribution is -2.44. The summed E-state index contributed by atoms with van der Waals surface area (Å²) in [6, 6.07) is 0. The van der Waals surface area contributed by atoms with Gasteiger partial charge in [0.2, 0.25) is 0 Å². The van der Waals surface area contributed by atoms with Crippen LogP contribution in [0.3, 0.4) is 0 Å². The summed E-state index contributed by atoms with van der Waals surface area (Å²) in [5, 5.41) is 0. The van der Waals surface area contributed by atoms with Crippen LogP contribution in [-0.4, -0.2) is 24.3 Å². The largest absolute Gasteiger partial charge is 0.498 e. The molecule has 6 heteroatoms. The van der Waals surface area contributed by atoms with Gasteiger partial charge < -0.3 is 4.74 Å². The third-order valence-electron chi connectivity index (χ3n) is 6.26. The molecule has 0 spiro atoms. The van der Waals surface area contributed by atoms with E-state index < -0.39 is 17.0 Å². The van der Waals surface area contributed by atoms with Crippen molar-refractivity contribution in [2.24, 2.45) is 10.8 Å². The molecule has 1 atom stereocenters. The van der Waals surface area contributed by atoms with E-state index in [2.05, 4.69) is 0 Å². The SMILES string of the molecule is CCOC1=CC2=CCC/C(=C\CC3(C)C(=O)CCC3=O)[C@@]2(C(F)(F)F)CC1. The van der Waals surface area contributed by atoms with Gasteiger partial charge in [0.15, 0.2) is 0 Å². The van der Waals surface area contributed by atoms with Gasteiger partial charge in [-0.3, -0.25) is 9.59 Å². The van der Waals surface area contributed by atoms with E-state index in [1.54, 1.807) is 13.0 Å². The summed E-state index contributed by atoms with van der Waals surface area (Å²) < 4.78 is 48.3. The first kappa shape index (κ1) is 19.9. The molecule has 148 valence electrons. The van der Waals surface area contributed by atoms with Crippen molar-refractivity contribution in [1.82, 2.24) is 0 Å². The minimum Gasteiger partial charge on any atom is -0.498 e. The standard InChI is InChI=1S/C21H25F3O3/c1-3-27-16-10-12-20(21(22,23)24)14(5-4-6-15(20)13-16)9-11-19(2)17(25)7-8-18(19)26/h6,9,13H,3-5,7-8,10-12H2,1-2H3/b14-9+/t20-/m0/s1. The molecule has 0 aromatic rings. The molecule has 3 aliphatic rings. The van der Waals surface area contributed by atoms with E-state index in [0.29, 0.717) is 25.2 Å². The summed E-state index contributed by atoms with van der Waals surface area (Å²) >= 11 is 0. The Balaban J connectivity index is 2.00. The number of hydrogen-bond donors (Lipinski definition) is 0. The van der Waals surface area contributed by atoms with Gasteiger partial charge in [-0.15, -0.1) is 0 Å². The van der Waals surface area contributed by atoms with Crippen LogP contribution in [0.5, 0.6) is 0 Å². The van der Waals surface area contributed by atoms with Gasteiger partial charge in [0, 0.05) is 19.3 Å². The number of allylic oxidation sites excluding steroid dienone is 6. The Bertz CT molecular complexity index is 726. The van der Waals surface area contributed by atoms with Gasteiger partial charge in [-0.05, 0) is 51.2 Å². The maximum absolute atomic E-state index is 14.3. The molecule has 3 rings (SSSR count). The van der Waals surface area contributed by atoms with E-state index in [1.165, 1.54) is 12.2 Å². The van der Waals surface area contributed by atoms with Gasteiger partial charge >= 0.3 is 6.18 Å². The van der Waals surface area contributed by atoms with Crippen molar-refractivity contribution in [3.63, 3.8) is 0 Å². The molecule has 0 aromatic heterocycles. The fraction of sp³-hybridized carbons (Fsp3) is 0.619. The van der Waals surface area contributed by atoms with Crippen LogP contribution in [-0.2, 0) is 14.3 Å². The van der Waals surface area contributed by atoms with Crippen LogP contribution < -0.4 is 0 Å². The normalized spacial score (nSPS) is 29.4. The van der Waals surface area contributed by atoms with Crippen LogP contribution in [0.1, 0.15) is 58.8 Å². The Hall–Kier alpha value is -1.85. The van der Waals surface area contributed by atoms with Crippen LogP contribution in [0.25, 0.3) is 0 Å². The van der Waals surface area contributed by atoms with E-state index in [4.69, 9.17) is 4.74 Å². The average Bonchev–Trinajstić information content (AvgIpc) is 2.86. The molecule has 1 saturated carbocycles. The molecular weight excluding hydrogens is 357 g/mol. The third kappa shape index (κ3) is 3.17. The van der Waals surface area contributed by atoms with Gasteiger partial charge in [-0.25, -0.2) is 0 Å². The maximum Gasteiger partial charge on any atom is 0.402 e. The van der Waals surface area contributed by atoms with Crippen LogP contribution in [0.15, 0.2) is 35.1 Å². The molecule has 1 fully saturated rings. The highest BCUT2D eigenvalue weighted by atomic mass is 19.4. The summed E-state index contributed by atoms with van der Waals surface area (Å²) in [7, 11) is 0. The average molecular weight is 382 g/mol. The molecule has 0 amide bonds. The van der Waals surface area contributed by atoms with Gasteiger partial charge in [-0.2, -0.15) is 13.2 Å². The first-order chi connectivity index (χ1) is 12.6. The topological polar surface area (TPSA) is 43.4 Å². The molecule has 0 N–H and O–H groups in total. The van der Waals surface area contributed by atoms with E-state index in [-0.39, 0.29) is 54.8 Å². The molecular formula is C21H25F3O3. The zero-order valence-corrected chi connectivity index (χ0v) is 15.7. The number of halogens is 3. The zero-order valence-electron chi connectivity index (χ0n) is 15.7. The number of alkyl halides is 3. The van der Waals surface area contributed by atoms with Gasteiger partial charge in [0.1, 0.15) is 17.0 Å². The lowest BCUT2D eigenvalue weighted by atomic mass is 9.62. The lowest BCUT2D eigenvalue weighted by Gasteiger charge is -2.44. The van der Waals surface area contributed by atoms with E-state index >= 15 is 0 Å². The number of carbonyl (C=O) groups is 2. The van der Waals surface area contributed by atoms with E-state index in [0.717, 1.165) is 0 Å². The second kappa shape index (κ2) is 6.95. The quantitative estimate of drug-likeness (QED) is 0.494. The minimum absolute atomic E-state index is 0.0488. The first-order valence-corrected chi connectivity index (χ1v) is 9.52. The summed E-state index contributed by atoms with van der Waals surface area (Å²) in [6.45, 7) is 3.79.